The molecule has 0 amide bonds. The first-order chi connectivity index (χ1) is 9.22. The summed E-state index contributed by atoms with van der Waals surface area (Å²) in [5.41, 5.74) is 15.5. The summed E-state index contributed by atoms with van der Waals surface area (Å²) in [6.45, 7) is 2.85. The molecule has 4 N–H and O–H groups in total. The largest absolute Gasteiger partial charge is 0.330 e. The fourth-order valence-corrected chi connectivity index (χ4v) is 2.30. The van der Waals surface area contributed by atoms with Crippen LogP contribution < -0.4 is 11.5 Å². The van der Waals surface area contributed by atoms with Crippen LogP contribution >= 0.6 is 0 Å². The van der Waals surface area contributed by atoms with Crippen molar-refractivity contribution in [3.05, 3.63) is 60.2 Å². The Morgan fingerprint density at radius 3 is 2.05 bits per heavy atom. The van der Waals surface area contributed by atoms with E-state index < -0.39 is 0 Å². The van der Waals surface area contributed by atoms with Crippen LogP contribution in [0.3, 0.4) is 0 Å². The van der Waals surface area contributed by atoms with Gasteiger partial charge in [-0.2, -0.15) is 0 Å². The van der Waals surface area contributed by atoms with Crippen LogP contribution in [0.25, 0.3) is 11.1 Å². The number of nitrogens with two attached hydrogens (primary N) is 2. The molecule has 0 bridgehead atoms. The summed E-state index contributed by atoms with van der Waals surface area (Å²) in [4.78, 5) is 0. The van der Waals surface area contributed by atoms with Crippen LogP contribution in [-0.4, -0.2) is 6.54 Å². The maximum atomic E-state index is 6.26. The highest BCUT2D eigenvalue weighted by atomic mass is 14.7. The maximum absolute atomic E-state index is 6.26. The van der Waals surface area contributed by atoms with Crippen molar-refractivity contribution >= 4 is 0 Å². The fraction of sp³-hybridized carbons (Fsp3) is 0.294. The Balaban J connectivity index is 2.15. The fourth-order valence-electron chi connectivity index (χ4n) is 2.30. The van der Waals surface area contributed by atoms with Crippen molar-refractivity contribution in [2.45, 2.75) is 19.4 Å². The third kappa shape index (κ3) is 3.43. The van der Waals surface area contributed by atoms with E-state index in [4.69, 9.17) is 11.5 Å². The lowest BCUT2D eigenvalue weighted by Crippen LogP contribution is -2.21. The lowest BCUT2D eigenvalue weighted by atomic mass is 9.91. The zero-order chi connectivity index (χ0) is 13.7. The summed E-state index contributed by atoms with van der Waals surface area (Å²) in [5.74, 6) is 0.410. The van der Waals surface area contributed by atoms with Crippen LogP contribution in [0, 0.1) is 5.92 Å². The molecule has 2 aromatic rings. The molecule has 0 heterocycles. The van der Waals surface area contributed by atoms with Crippen molar-refractivity contribution < 1.29 is 0 Å². The van der Waals surface area contributed by atoms with Gasteiger partial charge in [0.2, 0.25) is 0 Å². The third-order valence-corrected chi connectivity index (χ3v) is 3.64. The Kier molecular flexibility index (Phi) is 4.72. The van der Waals surface area contributed by atoms with E-state index in [1.165, 1.54) is 16.7 Å². The molecule has 2 nitrogen and oxygen atoms in total. The van der Waals surface area contributed by atoms with Crippen LogP contribution in [0.5, 0.6) is 0 Å². The molecular weight excluding hydrogens is 232 g/mol. The first kappa shape index (κ1) is 13.8. The van der Waals surface area contributed by atoms with Gasteiger partial charge in [0, 0.05) is 6.04 Å². The van der Waals surface area contributed by atoms with Crippen molar-refractivity contribution in [2.24, 2.45) is 17.4 Å². The monoisotopic (exact) mass is 254 g/mol. The quantitative estimate of drug-likeness (QED) is 0.859. The molecule has 0 fully saturated rings. The van der Waals surface area contributed by atoms with Gasteiger partial charge in [-0.3, -0.25) is 0 Å². The lowest BCUT2D eigenvalue weighted by Gasteiger charge is -2.19. The molecule has 2 rings (SSSR count). The van der Waals surface area contributed by atoms with Crippen molar-refractivity contribution in [1.29, 1.82) is 0 Å². The minimum atomic E-state index is 0.0633. The number of hydrogen-bond donors (Lipinski definition) is 2. The highest BCUT2D eigenvalue weighted by molar-refractivity contribution is 5.63. The Bertz CT molecular complexity index is 490. The first-order valence-corrected chi connectivity index (χ1v) is 6.83. The van der Waals surface area contributed by atoms with Gasteiger partial charge in [-0.1, -0.05) is 61.5 Å². The zero-order valence-corrected chi connectivity index (χ0v) is 11.4. The van der Waals surface area contributed by atoms with Crippen LogP contribution in [0.1, 0.15) is 24.9 Å². The highest BCUT2D eigenvalue weighted by Gasteiger charge is 2.13. The van der Waals surface area contributed by atoms with Gasteiger partial charge in [-0.15, -0.1) is 0 Å². The van der Waals surface area contributed by atoms with Gasteiger partial charge in [0.15, 0.2) is 0 Å². The molecule has 0 radical (unpaired) electrons. The molecule has 2 atom stereocenters. The number of benzene rings is 2. The van der Waals surface area contributed by atoms with E-state index in [0.29, 0.717) is 12.5 Å². The van der Waals surface area contributed by atoms with Crippen LogP contribution in [0.2, 0.25) is 0 Å². The molecule has 0 saturated carbocycles. The second-order valence-corrected chi connectivity index (χ2v) is 5.07. The zero-order valence-electron chi connectivity index (χ0n) is 11.4. The van der Waals surface area contributed by atoms with Crippen LogP contribution in [0.4, 0.5) is 0 Å². The van der Waals surface area contributed by atoms with Crippen molar-refractivity contribution in [2.75, 3.05) is 6.54 Å². The molecule has 0 saturated heterocycles. The smallest absolute Gasteiger partial charge is 0.0321 e. The molecule has 0 aromatic heterocycles. The normalized spacial score (nSPS) is 14.1. The Morgan fingerprint density at radius 2 is 1.47 bits per heavy atom. The van der Waals surface area contributed by atoms with Crippen LogP contribution in [0.15, 0.2) is 54.6 Å². The summed E-state index contributed by atoms with van der Waals surface area (Å²) < 4.78 is 0. The Labute approximate surface area is 115 Å². The molecule has 2 unspecified atom stereocenters. The summed E-state index contributed by atoms with van der Waals surface area (Å²) >= 11 is 0. The van der Waals surface area contributed by atoms with E-state index in [0.717, 1.165) is 6.42 Å². The molecule has 19 heavy (non-hydrogen) atoms. The number of hydrogen-bond acceptors (Lipinski definition) is 2. The van der Waals surface area contributed by atoms with Gasteiger partial charge in [-0.25, -0.2) is 0 Å². The van der Waals surface area contributed by atoms with Gasteiger partial charge in [0.25, 0.3) is 0 Å². The summed E-state index contributed by atoms with van der Waals surface area (Å²) in [6.07, 6.45) is 0.960. The van der Waals surface area contributed by atoms with E-state index in [1.807, 2.05) is 6.07 Å². The van der Waals surface area contributed by atoms with E-state index in [-0.39, 0.29) is 6.04 Å². The van der Waals surface area contributed by atoms with Crippen LogP contribution in [-0.2, 0) is 0 Å². The van der Waals surface area contributed by atoms with Gasteiger partial charge in [0.05, 0.1) is 0 Å². The van der Waals surface area contributed by atoms with Crippen molar-refractivity contribution in [1.82, 2.24) is 0 Å². The van der Waals surface area contributed by atoms with E-state index in [1.54, 1.807) is 0 Å². The predicted molar refractivity (Wildman–Crippen MR) is 81.6 cm³/mol. The van der Waals surface area contributed by atoms with Crippen molar-refractivity contribution in [3.63, 3.8) is 0 Å². The Hall–Kier alpha value is -1.64. The minimum Gasteiger partial charge on any atom is -0.330 e. The molecule has 0 aliphatic heterocycles. The standard InChI is InChI=1S/C17H22N2/c1-13(11-12-18)17(19)16-9-7-15(8-10-16)14-5-3-2-4-6-14/h2-10,13,17H,11-12,18-19H2,1H3. The number of rotatable bonds is 5. The molecule has 0 aliphatic rings. The SMILES string of the molecule is CC(CCN)C(N)c1ccc(-c2ccccc2)cc1. The topological polar surface area (TPSA) is 52.0 Å². The molecule has 2 aromatic carbocycles. The average Bonchev–Trinajstić information content (AvgIpc) is 2.48. The van der Waals surface area contributed by atoms with E-state index in [2.05, 4.69) is 55.5 Å². The average molecular weight is 254 g/mol. The van der Waals surface area contributed by atoms with Gasteiger partial charge < -0.3 is 11.5 Å². The van der Waals surface area contributed by atoms with E-state index >= 15 is 0 Å². The molecule has 100 valence electrons. The van der Waals surface area contributed by atoms with Gasteiger partial charge >= 0.3 is 0 Å². The first-order valence-electron chi connectivity index (χ1n) is 6.83. The molecule has 0 aliphatic carbocycles. The summed E-state index contributed by atoms with van der Waals surface area (Å²) in [5, 5.41) is 0. The van der Waals surface area contributed by atoms with Gasteiger partial charge in [-0.05, 0) is 35.6 Å². The van der Waals surface area contributed by atoms with Crippen molar-refractivity contribution in [3.8, 4) is 11.1 Å². The maximum Gasteiger partial charge on any atom is 0.0321 e. The molecule has 0 spiro atoms. The highest BCUT2D eigenvalue weighted by Crippen LogP contribution is 2.25. The van der Waals surface area contributed by atoms with Gasteiger partial charge in [0.1, 0.15) is 0 Å². The summed E-state index contributed by atoms with van der Waals surface area (Å²) in [7, 11) is 0. The molecule has 2 heteroatoms. The minimum absolute atomic E-state index is 0.0633. The second-order valence-electron chi connectivity index (χ2n) is 5.07. The Morgan fingerprint density at radius 1 is 0.895 bits per heavy atom. The second kappa shape index (κ2) is 6.50. The van der Waals surface area contributed by atoms with E-state index in [9.17, 15) is 0 Å². The summed E-state index contributed by atoms with van der Waals surface area (Å²) in [6, 6.07) is 19.0. The molecular formula is C17H22N2. The predicted octanol–water partition coefficient (Wildman–Crippen LogP) is 3.34. The third-order valence-electron chi connectivity index (χ3n) is 3.64. The lowest BCUT2D eigenvalue weighted by molar-refractivity contribution is 0.444.